The van der Waals surface area contributed by atoms with E-state index in [9.17, 15) is 4.79 Å². The molecule has 1 amide bonds. The lowest BCUT2D eigenvalue weighted by molar-refractivity contribution is 0.0664. The van der Waals surface area contributed by atoms with Crippen LogP contribution in [0.5, 0.6) is 0 Å². The van der Waals surface area contributed by atoms with E-state index in [0.717, 1.165) is 36.2 Å². The number of piperidine rings is 1. The normalized spacial score (nSPS) is 16.8. The first-order valence-corrected chi connectivity index (χ1v) is 11.3. The molecule has 1 saturated heterocycles. The summed E-state index contributed by atoms with van der Waals surface area (Å²) in [5.41, 5.74) is 6.75. The second-order valence-electron chi connectivity index (χ2n) is 9.01. The SMILES string of the molecule is Cc1cccc2c(-c3ccncc3)c([C@H]3CCCN(C(=O)c4cc(C(C)C)no4)C3)[nH]c12. The molecule has 4 aromatic rings. The van der Waals surface area contributed by atoms with Crippen molar-refractivity contribution in [1.82, 2.24) is 20.0 Å². The lowest BCUT2D eigenvalue weighted by atomic mass is 9.89. The van der Waals surface area contributed by atoms with E-state index < -0.39 is 0 Å². The van der Waals surface area contributed by atoms with Gasteiger partial charge in [-0.3, -0.25) is 9.78 Å². The van der Waals surface area contributed by atoms with Crippen molar-refractivity contribution >= 4 is 16.8 Å². The zero-order valence-electron chi connectivity index (χ0n) is 18.8. The van der Waals surface area contributed by atoms with Gasteiger partial charge in [0.05, 0.1) is 5.69 Å². The Kier molecular flexibility index (Phi) is 5.29. The van der Waals surface area contributed by atoms with Crippen molar-refractivity contribution in [1.29, 1.82) is 0 Å². The summed E-state index contributed by atoms with van der Waals surface area (Å²) in [6, 6.07) is 12.3. The summed E-state index contributed by atoms with van der Waals surface area (Å²) in [5.74, 6) is 0.699. The van der Waals surface area contributed by atoms with Gasteiger partial charge in [0.25, 0.3) is 5.91 Å². The number of benzene rings is 1. The average molecular weight is 429 g/mol. The Hall–Kier alpha value is -3.41. The van der Waals surface area contributed by atoms with E-state index in [1.807, 2.05) is 31.1 Å². The Morgan fingerprint density at radius 2 is 2.03 bits per heavy atom. The van der Waals surface area contributed by atoms with Crippen LogP contribution < -0.4 is 0 Å². The molecular formula is C26H28N4O2. The van der Waals surface area contributed by atoms with E-state index in [1.165, 1.54) is 22.2 Å². The van der Waals surface area contributed by atoms with Gasteiger partial charge in [-0.05, 0) is 48.9 Å². The molecule has 0 aliphatic carbocycles. The molecule has 3 aromatic heterocycles. The van der Waals surface area contributed by atoms with Gasteiger partial charge in [-0.25, -0.2) is 0 Å². The molecule has 0 bridgehead atoms. The Labute approximate surface area is 187 Å². The second-order valence-corrected chi connectivity index (χ2v) is 9.01. The van der Waals surface area contributed by atoms with E-state index in [2.05, 4.69) is 52.4 Å². The summed E-state index contributed by atoms with van der Waals surface area (Å²) >= 11 is 0. The highest BCUT2D eigenvalue weighted by molar-refractivity contribution is 5.99. The van der Waals surface area contributed by atoms with Crippen LogP contribution in [0, 0.1) is 6.92 Å². The van der Waals surface area contributed by atoms with Gasteiger partial charge in [-0.1, -0.05) is 37.2 Å². The van der Waals surface area contributed by atoms with Crippen molar-refractivity contribution in [2.45, 2.75) is 45.4 Å². The number of para-hydroxylation sites is 1. The molecule has 6 nitrogen and oxygen atoms in total. The Balaban J connectivity index is 1.51. The van der Waals surface area contributed by atoms with Crippen molar-refractivity contribution in [2.24, 2.45) is 0 Å². The fourth-order valence-corrected chi connectivity index (χ4v) is 4.73. The molecule has 6 heteroatoms. The Morgan fingerprint density at radius 3 is 2.78 bits per heavy atom. The largest absolute Gasteiger partial charge is 0.357 e. The number of carbonyl (C=O) groups excluding carboxylic acids is 1. The van der Waals surface area contributed by atoms with E-state index in [4.69, 9.17) is 4.52 Å². The standard InChI is InChI=1S/C26H28N4O2/c1-16(2)21-14-22(32-29-21)26(31)30-13-5-7-19(15-30)25-23(18-9-11-27-12-10-18)20-8-4-6-17(3)24(20)28-25/h4,6,8-12,14,16,19,28H,5,7,13,15H2,1-3H3/t19-/m0/s1. The summed E-state index contributed by atoms with van der Waals surface area (Å²) in [6.45, 7) is 7.60. The number of nitrogens with one attached hydrogen (secondary N) is 1. The maximum absolute atomic E-state index is 13.2. The highest BCUT2D eigenvalue weighted by Crippen LogP contribution is 2.40. The van der Waals surface area contributed by atoms with Crippen LogP contribution in [-0.4, -0.2) is 39.0 Å². The smallest absolute Gasteiger partial charge is 0.292 e. The third-order valence-electron chi connectivity index (χ3n) is 6.49. The molecule has 1 aliphatic rings. The highest BCUT2D eigenvalue weighted by atomic mass is 16.5. The number of hydrogen-bond donors (Lipinski definition) is 1. The minimum Gasteiger partial charge on any atom is -0.357 e. The fourth-order valence-electron chi connectivity index (χ4n) is 4.73. The number of nitrogens with zero attached hydrogens (tertiary/aromatic N) is 3. The zero-order valence-corrected chi connectivity index (χ0v) is 18.8. The van der Waals surface area contributed by atoms with E-state index in [1.54, 1.807) is 6.07 Å². The highest BCUT2D eigenvalue weighted by Gasteiger charge is 2.31. The lowest BCUT2D eigenvalue weighted by Gasteiger charge is -2.32. The molecule has 1 N–H and O–H groups in total. The Morgan fingerprint density at radius 1 is 1.22 bits per heavy atom. The maximum atomic E-state index is 13.2. The topological polar surface area (TPSA) is 75.0 Å². The molecule has 1 aliphatic heterocycles. The molecule has 1 atom stereocenters. The molecule has 32 heavy (non-hydrogen) atoms. The third-order valence-corrected chi connectivity index (χ3v) is 6.49. The molecule has 0 spiro atoms. The van der Waals surface area contributed by atoms with Gasteiger partial charge in [0, 0.05) is 59.6 Å². The van der Waals surface area contributed by atoms with Gasteiger partial charge in [-0.2, -0.15) is 0 Å². The third kappa shape index (κ3) is 3.60. The number of likely N-dealkylation sites (tertiary alicyclic amines) is 1. The van der Waals surface area contributed by atoms with Gasteiger partial charge in [0.15, 0.2) is 0 Å². The van der Waals surface area contributed by atoms with Gasteiger partial charge in [0.1, 0.15) is 0 Å². The van der Waals surface area contributed by atoms with Crippen LogP contribution in [0.3, 0.4) is 0 Å². The second kappa shape index (κ2) is 8.26. The number of rotatable bonds is 4. The predicted molar refractivity (Wildman–Crippen MR) is 125 cm³/mol. The van der Waals surface area contributed by atoms with Gasteiger partial charge >= 0.3 is 0 Å². The summed E-state index contributed by atoms with van der Waals surface area (Å²) < 4.78 is 5.38. The molecule has 0 radical (unpaired) electrons. The number of aromatic amines is 1. The molecule has 4 heterocycles. The van der Waals surface area contributed by atoms with Crippen LogP contribution in [0.4, 0.5) is 0 Å². The van der Waals surface area contributed by atoms with Crippen LogP contribution in [0.15, 0.2) is 53.3 Å². The summed E-state index contributed by atoms with van der Waals surface area (Å²) in [7, 11) is 0. The fraction of sp³-hybridized carbons (Fsp3) is 0.346. The lowest BCUT2D eigenvalue weighted by Crippen LogP contribution is -2.39. The minimum absolute atomic E-state index is 0.0770. The number of aromatic nitrogens is 3. The minimum atomic E-state index is -0.0770. The van der Waals surface area contributed by atoms with E-state index in [-0.39, 0.29) is 17.7 Å². The first kappa shape index (κ1) is 20.5. The molecule has 164 valence electrons. The van der Waals surface area contributed by atoms with Crippen molar-refractivity contribution in [3.05, 3.63) is 71.5 Å². The number of fused-ring (bicyclic) bond motifs is 1. The molecule has 1 aromatic carbocycles. The molecule has 1 fully saturated rings. The van der Waals surface area contributed by atoms with Gasteiger partial charge in [0.2, 0.25) is 5.76 Å². The maximum Gasteiger partial charge on any atom is 0.292 e. The van der Waals surface area contributed by atoms with Crippen LogP contribution in [-0.2, 0) is 0 Å². The number of amides is 1. The van der Waals surface area contributed by atoms with Gasteiger partial charge in [-0.15, -0.1) is 0 Å². The van der Waals surface area contributed by atoms with E-state index >= 15 is 0 Å². The monoisotopic (exact) mass is 428 g/mol. The summed E-state index contributed by atoms with van der Waals surface area (Å²) in [6.07, 6.45) is 5.65. The summed E-state index contributed by atoms with van der Waals surface area (Å²) in [5, 5.41) is 5.28. The van der Waals surface area contributed by atoms with Crippen LogP contribution in [0.1, 0.15) is 66.0 Å². The van der Waals surface area contributed by atoms with Crippen molar-refractivity contribution in [3.8, 4) is 11.1 Å². The number of H-pyrrole nitrogens is 1. The molecule has 0 saturated carbocycles. The quantitative estimate of drug-likeness (QED) is 0.454. The zero-order chi connectivity index (χ0) is 22.2. The average Bonchev–Trinajstić information content (AvgIpc) is 3.46. The Bertz CT molecular complexity index is 1260. The number of carbonyl (C=O) groups is 1. The van der Waals surface area contributed by atoms with Gasteiger partial charge < -0.3 is 14.4 Å². The number of hydrogen-bond acceptors (Lipinski definition) is 4. The van der Waals surface area contributed by atoms with E-state index in [0.29, 0.717) is 12.3 Å². The first-order chi connectivity index (χ1) is 15.5. The van der Waals surface area contributed by atoms with Crippen LogP contribution in [0.25, 0.3) is 22.0 Å². The predicted octanol–water partition coefficient (Wildman–Crippen LogP) is 5.67. The van der Waals surface area contributed by atoms with Crippen molar-refractivity contribution < 1.29 is 9.32 Å². The van der Waals surface area contributed by atoms with Crippen molar-refractivity contribution in [2.75, 3.05) is 13.1 Å². The molecule has 5 rings (SSSR count). The first-order valence-electron chi connectivity index (χ1n) is 11.3. The molecular weight excluding hydrogens is 400 g/mol. The molecule has 0 unspecified atom stereocenters. The van der Waals surface area contributed by atoms with Crippen LogP contribution >= 0.6 is 0 Å². The van der Waals surface area contributed by atoms with Crippen LogP contribution in [0.2, 0.25) is 0 Å². The summed E-state index contributed by atoms with van der Waals surface area (Å²) in [4.78, 5) is 23.0. The van der Waals surface area contributed by atoms with Crippen molar-refractivity contribution in [3.63, 3.8) is 0 Å². The number of aryl methyl sites for hydroxylation is 1. The number of pyridine rings is 1.